The Kier molecular flexibility index (Phi) is 5.35. The largest absolute Gasteiger partial charge is 0.866 e. The van der Waals surface area contributed by atoms with Crippen molar-refractivity contribution in [2.75, 3.05) is 13.2 Å². The molecular formula is C19H19N3O5. The zero-order valence-electron chi connectivity index (χ0n) is 15.0. The number of rotatable bonds is 6. The Morgan fingerprint density at radius 2 is 1.78 bits per heavy atom. The van der Waals surface area contributed by atoms with Crippen LogP contribution >= 0.6 is 0 Å². The van der Waals surface area contributed by atoms with Gasteiger partial charge in [-0.2, -0.15) is 0 Å². The van der Waals surface area contributed by atoms with Gasteiger partial charge in [-0.15, -0.1) is 0 Å². The minimum absolute atomic E-state index is 0.0127. The molecule has 0 aliphatic heterocycles. The molecule has 0 aliphatic rings. The van der Waals surface area contributed by atoms with E-state index in [-0.39, 0.29) is 30.1 Å². The van der Waals surface area contributed by atoms with Crippen molar-refractivity contribution in [3.05, 3.63) is 59.5 Å². The summed E-state index contributed by atoms with van der Waals surface area (Å²) in [5.41, 5.74) is 0.791. The van der Waals surface area contributed by atoms with Crippen LogP contribution < -0.4 is 9.62 Å². The van der Waals surface area contributed by atoms with Gasteiger partial charge < -0.3 is 14.6 Å². The quantitative estimate of drug-likeness (QED) is 0.477. The first-order valence-corrected chi connectivity index (χ1v) is 8.56. The molecule has 0 radical (unpaired) electrons. The highest BCUT2D eigenvalue weighted by molar-refractivity contribution is 5.97. The molecule has 0 spiro atoms. The van der Waals surface area contributed by atoms with Crippen LogP contribution in [0.2, 0.25) is 0 Å². The fraction of sp³-hybridized carbons (Fsp3) is 0.263. The monoisotopic (exact) mass is 369 g/mol. The number of pyridine rings is 1. The number of ether oxygens (including phenoxy) is 2. The molecule has 27 heavy (non-hydrogen) atoms. The minimum atomic E-state index is -0.789. The molecule has 0 unspecified atom stereocenters. The van der Waals surface area contributed by atoms with E-state index in [4.69, 9.17) is 9.47 Å². The molecular weight excluding hydrogens is 350 g/mol. The van der Waals surface area contributed by atoms with E-state index >= 15 is 0 Å². The van der Waals surface area contributed by atoms with E-state index < -0.39 is 17.7 Å². The molecule has 3 aromatic rings. The zero-order valence-corrected chi connectivity index (χ0v) is 15.0. The number of aromatic nitrogens is 3. The Balaban J connectivity index is 2.19. The predicted molar refractivity (Wildman–Crippen MR) is 92.3 cm³/mol. The van der Waals surface area contributed by atoms with Crippen molar-refractivity contribution in [2.45, 2.75) is 20.4 Å². The summed E-state index contributed by atoms with van der Waals surface area (Å²) in [6, 6.07) is 10.6. The third kappa shape index (κ3) is 3.59. The van der Waals surface area contributed by atoms with Gasteiger partial charge in [-0.3, -0.25) is 0 Å². The topological polar surface area (TPSA) is 97.6 Å². The van der Waals surface area contributed by atoms with E-state index in [2.05, 4.69) is 5.10 Å². The number of fused-ring (bicyclic) bond motifs is 1. The van der Waals surface area contributed by atoms with Gasteiger partial charge in [0.15, 0.2) is 0 Å². The molecule has 0 saturated heterocycles. The molecule has 0 aliphatic carbocycles. The van der Waals surface area contributed by atoms with E-state index in [1.807, 2.05) is 30.3 Å². The van der Waals surface area contributed by atoms with E-state index in [1.165, 1.54) is 16.9 Å². The first-order chi connectivity index (χ1) is 13.1. The van der Waals surface area contributed by atoms with Crippen LogP contribution in [0.4, 0.5) is 0 Å². The summed E-state index contributed by atoms with van der Waals surface area (Å²) < 4.78 is 12.8. The van der Waals surface area contributed by atoms with Gasteiger partial charge in [0.2, 0.25) is 12.0 Å². The highest BCUT2D eigenvalue weighted by Gasteiger charge is 2.27. The summed E-state index contributed by atoms with van der Waals surface area (Å²) >= 11 is 0. The summed E-state index contributed by atoms with van der Waals surface area (Å²) in [5, 5.41) is 17.1. The molecule has 3 rings (SSSR count). The predicted octanol–water partition coefficient (Wildman–Crippen LogP) is 1.10. The summed E-state index contributed by atoms with van der Waals surface area (Å²) in [4.78, 5) is 24.5. The number of hydrogen-bond donors (Lipinski definition) is 0. The van der Waals surface area contributed by atoms with Crippen molar-refractivity contribution in [3.63, 3.8) is 0 Å². The lowest BCUT2D eigenvalue weighted by Gasteiger charge is -2.13. The van der Waals surface area contributed by atoms with Gasteiger partial charge >= 0.3 is 17.6 Å². The highest BCUT2D eigenvalue weighted by atomic mass is 16.5. The van der Waals surface area contributed by atoms with E-state index in [0.717, 1.165) is 5.56 Å². The maximum absolute atomic E-state index is 12.9. The number of benzene rings is 1. The second-order valence-corrected chi connectivity index (χ2v) is 5.69. The molecule has 0 atom stereocenters. The van der Waals surface area contributed by atoms with Gasteiger partial charge in [-0.1, -0.05) is 34.8 Å². The number of carbonyl (C=O) groups excluding carboxylic acids is 2. The molecule has 8 nitrogen and oxygen atoms in total. The minimum Gasteiger partial charge on any atom is -0.866 e. The van der Waals surface area contributed by atoms with Gasteiger partial charge in [0.25, 0.3) is 0 Å². The van der Waals surface area contributed by atoms with Crippen molar-refractivity contribution < 1.29 is 28.7 Å². The third-order valence-corrected chi connectivity index (χ3v) is 3.91. The first-order valence-electron chi connectivity index (χ1n) is 8.56. The van der Waals surface area contributed by atoms with Gasteiger partial charge in [-0.25, -0.2) is 14.2 Å². The Labute approximate surface area is 155 Å². The fourth-order valence-electron chi connectivity index (χ4n) is 2.74. The Hall–Kier alpha value is -3.42. The second kappa shape index (κ2) is 7.86. The van der Waals surface area contributed by atoms with Crippen molar-refractivity contribution in [2.24, 2.45) is 0 Å². The third-order valence-electron chi connectivity index (χ3n) is 3.91. The van der Waals surface area contributed by atoms with Crippen LogP contribution in [0.25, 0.3) is 5.65 Å². The highest BCUT2D eigenvalue weighted by Crippen LogP contribution is 2.21. The number of hydrogen-bond acceptors (Lipinski definition) is 6. The summed E-state index contributed by atoms with van der Waals surface area (Å²) in [6.45, 7) is 3.93. The molecule has 2 heterocycles. The number of nitrogens with zero attached hydrogens (tertiary/aromatic N) is 3. The van der Waals surface area contributed by atoms with Crippen LogP contribution in [-0.4, -0.2) is 34.8 Å². The molecule has 0 bridgehead atoms. The average molecular weight is 369 g/mol. The zero-order chi connectivity index (χ0) is 19.4. The van der Waals surface area contributed by atoms with E-state index in [1.54, 1.807) is 18.4 Å². The molecule has 140 valence electrons. The smallest absolute Gasteiger partial charge is 0.381 e. The Morgan fingerprint density at radius 3 is 2.44 bits per heavy atom. The Bertz CT molecular complexity index is 982. The van der Waals surface area contributed by atoms with Gasteiger partial charge in [0.1, 0.15) is 6.54 Å². The maximum atomic E-state index is 12.9. The fourth-order valence-corrected chi connectivity index (χ4v) is 2.74. The van der Waals surface area contributed by atoms with Crippen molar-refractivity contribution in [1.29, 1.82) is 0 Å². The number of carbonyl (C=O) groups is 2. The first kappa shape index (κ1) is 18.4. The maximum Gasteiger partial charge on any atom is 0.381 e. The molecule has 0 saturated carbocycles. The molecule has 0 amide bonds. The Morgan fingerprint density at radius 1 is 1.11 bits per heavy atom. The lowest BCUT2D eigenvalue weighted by molar-refractivity contribution is -0.583. The molecule has 1 aromatic carbocycles. The lowest BCUT2D eigenvalue weighted by Crippen LogP contribution is -2.35. The summed E-state index contributed by atoms with van der Waals surface area (Å²) in [7, 11) is 0. The normalized spacial score (nSPS) is 10.7. The average Bonchev–Trinajstić information content (AvgIpc) is 3.07. The molecule has 0 N–H and O–H groups in total. The second-order valence-electron chi connectivity index (χ2n) is 5.69. The van der Waals surface area contributed by atoms with Gasteiger partial charge in [0, 0.05) is 11.8 Å². The number of esters is 2. The van der Waals surface area contributed by atoms with Gasteiger partial charge in [0.05, 0.1) is 18.8 Å². The lowest BCUT2D eigenvalue weighted by atomic mass is 10.2. The van der Waals surface area contributed by atoms with Gasteiger partial charge in [-0.05, 0) is 24.5 Å². The molecule has 8 heteroatoms. The van der Waals surface area contributed by atoms with Crippen LogP contribution in [0.5, 0.6) is 5.75 Å². The van der Waals surface area contributed by atoms with Crippen molar-refractivity contribution >= 4 is 17.6 Å². The van der Waals surface area contributed by atoms with Crippen LogP contribution in [0.15, 0.2) is 42.7 Å². The van der Waals surface area contributed by atoms with Crippen LogP contribution in [0, 0.1) is 0 Å². The SMILES string of the molecule is CCOC(=O)c1cc(C(=O)OCC)[n+]2ncn(Cc3ccccc3)c2c1[O-]. The molecule has 0 fully saturated rings. The summed E-state index contributed by atoms with van der Waals surface area (Å²) in [6.07, 6.45) is 1.45. The van der Waals surface area contributed by atoms with Crippen molar-refractivity contribution in [1.82, 2.24) is 9.67 Å². The molecule has 2 aromatic heterocycles. The standard InChI is InChI=1S/C19H19N3O5/c1-3-26-18(24)14-10-15(19(25)27-4-2)22-17(16(14)23)21(12-20-22)11-13-8-6-5-7-9-13/h5-10,12H,3-4,11H2,1-2H3. The van der Waals surface area contributed by atoms with Crippen LogP contribution in [0.1, 0.15) is 40.3 Å². The van der Waals surface area contributed by atoms with Crippen molar-refractivity contribution in [3.8, 4) is 5.75 Å². The van der Waals surface area contributed by atoms with Crippen LogP contribution in [0.3, 0.4) is 0 Å². The van der Waals surface area contributed by atoms with E-state index in [0.29, 0.717) is 6.54 Å². The van der Waals surface area contributed by atoms with E-state index in [9.17, 15) is 14.7 Å². The van der Waals surface area contributed by atoms with Crippen LogP contribution in [-0.2, 0) is 16.0 Å². The summed E-state index contributed by atoms with van der Waals surface area (Å²) in [5.74, 6) is -2.03.